The molecule has 164 valence electrons. The molecule has 0 aliphatic carbocycles. The molecule has 0 saturated heterocycles. The minimum Gasteiger partial charge on any atom is -0.497 e. The number of benzene rings is 2. The molecule has 0 bridgehead atoms. The number of aromatic nitrogens is 2. The third kappa shape index (κ3) is 4.22. The smallest absolute Gasteiger partial charge is 0.293 e. The van der Waals surface area contributed by atoms with Gasteiger partial charge in [-0.05, 0) is 61.5 Å². The Labute approximate surface area is 203 Å². The van der Waals surface area contributed by atoms with E-state index in [1.54, 1.807) is 60.3 Å². The number of anilines is 1. The summed E-state index contributed by atoms with van der Waals surface area (Å²) in [6.07, 6.45) is 0. The lowest BCUT2D eigenvalue weighted by atomic mass is 10.1. The van der Waals surface area contributed by atoms with E-state index in [4.69, 9.17) is 45.4 Å². The van der Waals surface area contributed by atoms with E-state index < -0.39 is 5.91 Å². The number of nitrogens with zero attached hydrogens (tertiary/aromatic N) is 3. The molecule has 10 heteroatoms. The van der Waals surface area contributed by atoms with Crippen LogP contribution in [0, 0.1) is 6.92 Å². The SMILES string of the molecule is COc1ccc(N(N)C(=O)c2nn(-c3ccc(Cl)cc3Cl)c(-c3ccc(Cl)s3)c2C)cc1. The molecule has 0 unspecified atom stereocenters. The third-order valence-electron chi connectivity index (χ3n) is 4.84. The van der Waals surface area contributed by atoms with Crippen molar-refractivity contribution >= 4 is 57.7 Å². The molecule has 1 amide bonds. The van der Waals surface area contributed by atoms with E-state index in [-0.39, 0.29) is 5.69 Å². The summed E-state index contributed by atoms with van der Waals surface area (Å²) in [6.45, 7) is 1.81. The topological polar surface area (TPSA) is 73.4 Å². The molecule has 0 fully saturated rings. The van der Waals surface area contributed by atoms with Gasteiger partial charge in [-0.3, -0.25) is 4.79 Å². The maximum Gasteiger partial charge on any atom is 0.293 e. The predicted octanol–water partition coefficient (Wildman–Crippen LogP) is 6.40. The largest absolute Gasteiger partial charge is 0.497 e. The van der Waals surface area contributed by atoms with Crippen LogP contribution in [-0.2, 0) is 0 Å². The average Bonchev–Trinajstić information content (AvgIpc) is 3.35. The maximum atomic E-state index is 13.3. The third-order valence-corrected chi connectivity index (χ3v) is 6.61. The second kappa shape index (κ2) is 9.13. The van der Waals surface area contributed by atoms with Gasteiger partial charge < -0.3 is 4.74 Å². The molecule has 6 nitrogen and oxygen atoms in total. The van der Waals surface area contributed by atoms with Gasteiger partial charge in [0.25, 0.3) is 5.91 Å². The Morgan fingerprint density at radius 2 is 1.81 bits per heavy atom. The fourth-order valence-corrected chi connectivity index (χ4v) is 4.85. The van der Waals surface area contributed by atoms with Crippen LogP contribution < -0.4 is 15.6 Å². The van der Waals surface area contributed by atoms with Crippen molar-refractivity contribution in [2.24, 2.45) is 5.84 Å². The van der Waals surface area contributed by atoms with Crippen molar-refractivity contribution in [3.05, 3.63) is 80.2 Å². The van der Waals surface area contributed by atoms with E-state index in [0.717, 1.165) is 9.89 Å². The van der Waals surface area contributed by atoms with Crippen LogP contribution in [0.2, 0.25) is 14.4 Å². The Morgan fingerprint density at radius 3 is 2.41 bits per heavy atom. The molecule has 2 aromatic heterocycles. The molecule has 2 heterocycles. The van der Waals surface area contributed by atoms with Crippen molar-refractivity contribution in [2.45, 2.75) is 6.92 Å². The number of carbonyl (C=O) groups excluding carboxylic acids is 1. The van der Waals surface area contributed by atoms with Crippen LogP contribution in [0.4, 0.5) is 5.69 Å². The standard InChI is InChI=1S/C22H17Cl3N4O2S/c1-12-20(22(30)28(26)14-4-6-15(31-2)7-5-14)27-29(17-8-3-13(23)11-16(17)24)21(12)18-9-10-19(25)32-18/h3-11H,26H2,1-2H3. The Morgan fingerprint density at radius 1 is 1.09 bits per heavy atom. The summed E-state index contributed by atoms with van der Waals surface area (Å²) >= 11 is 20.1. The molecular formula is C22H17Cl3N4O2S. The summed E-state index contributed by atoms with van der Waals surface area (Å²) in [5, 5.41) is 6.53. The van der Waals surface area contributed by atoms with E-state index in [1.165, 1.54) is 11.3 Å². The van der Waals surface area contributed by atoms with E-state index in [0.29, 0.717) is 42.8 Å². The number of methoxy groups -OCH3 is 1. The van der Waals surface area contributed by atoms with Crippen molar-refractivity contribution in [1.82, 2.24) is 9.78 Å². The van der Waals surface area contributed by atoms with Gasteiger partial charge in [0.2, 0.25) is 0 Å². The summed E-state index contributed by atoms with van der Waals surface area (Å²) < 4.78 is 7.39. The zero-order valence-electron chi connectivity index (χ0n) is 17.0. The Balaban J connectivity index is 1.84. The first kappa shape index (κ1) is 22.6. The van der Waals surface area contributed by atoms with Gasteiger partial charge in [-0.1, -0.05) is 34.8 Å². The fraction of sp³-hybridized carbons (Fsp3) is 0.0909. The van der Waals surface area contributed by atoms with Crippen molar-refractivity contribution in [2.75, 3.05) is 12.1 Å². The number of hydrogen-bond acceptors (Lipinski definition) is 5. The summed E-state index contributed by atoms with van der Waals surface area (Å²) in [5.74, 6) is 6.34. The number of halogens is 3. The number of ether oxygens (including phenoxy) is 1. The highest BCUT2D eigenvalue weighted by Crippen LogP contribution is 2.37. The molecule has 4 aromatic rings. The average molecular weight is 508 g/mol. The summed E-state index contributed by atoms with van der Waals surface area (Å²) in [6, 6.07) is 15.6. The minimum atomic E-state index is -0.472. The van der Waals surface area contributed by atoms with Gasteiger partial charge in [0.05, 0.1) is 38.4 Å². The van der Waals surface area contributed by atoms with E-state index in [2.05, 4.69) is 5.10 Å². The van der Waals surface area contributed by atoms with Crippen LogP contribution in [0.15, 0.2) is 54.6 Å². The highest BCUT2D eigenvalue weighted by atomic mass is 35.5. The Hall–Kier alpha value is -2.55. The molecule has 4 rings (SSSR count). The highest BCUT2D eigenvalue weighted by molar-refractivity contribution is 7.19. The summed E-state index contributed by atoms with van der Waals surface area (Å²) in [5.41, 5.74) is 2.59. The van der Waals surface area contributed by atoms with Crippen molar-refractivity contribution in [3.63, 3.8) is 0 Å². The van der Waals surface area contributed by atoms with Crippen LogP contribution in [0.25, 0.3) is 16.3 Å². The lowest BCUT2D eigenvalue weighted by molar-refractivity contribution is 0.0981. The first-order valence-electron chi connectivity index (χ1n) is 9.34. The zero-order chi connectivity index (χ0) is 23.0. The number of hydrogen-bond donors (Lipinski definition) is 1. The van der Waals surface area contributed by atoms with E-state index in [9.17, 15) is 4.79 Å². The minimum absolute atomic E-state index is 0.189. The first-order chi connectivity index (χ1) is 15.3. The lowest BCUT2D eigenvalue weighted by Gasteiger charge is -2.16. The lowest BCUT2D eigenvalue weighted by Crippen LogP contribution is -2.38. The van der Waals surface area contributed by atoms with Gasteiger partial charge in [-0.2, -0.15) is 5.10 Å². The predicted molar refractivity (Wildman–Crippen MR) is 131 cm³/mol. The van der Waals surface area contributed by atoms with Crippen LogP contribution in [0.1, 0.15) is 16.1 Å². The maximum absolute atomic E-state index is 13.3. The van der Waals surface area contributed by atoms with Gasteiger partial charge in [0, 0.05) is 10.6 Å². The molecular weight excluding hydrogens is 491 g/mol. The first-order valence-corrected chi connectivity index (χ1v) is 11.3. The number of nitrogens with two attached hydrogens (primary N) is 1. The van der Waals surface area contributed by atoms with Gasteiger partial charge in [-0.15, -0.1) is 11.3 Å². The molecule has 2 aromatic carbocycles. The molecule has 0 spiro atoms. The zero-order valence-corrected chi connectivity index (χ0v) is 20.1. The van der Waals surface area contributed by atoms with E-state index in [1.807, 2.05) is 13.0 Å². The van der Waals surface area contributed by atoms with Crippen LogP contribution >= 0.6 is 46.1 Å². The molecule has 0 radical (unpaired) electrons. The van der Waals surface area contributed by atoms with Gasteiger partial charge >= 0.3 is 0 Å². The van der Waals surface area contributed by atoms with Crippen molar-refractivity contribution < 1.29 is 9.53 Å². The quantitative estimate of drug-likeness (QED) is 0.193. The van der Waals surface area contributed by atoms with Crippen LogP contribution in [-0.4, -0.2) is 22.8 Å². The number of amides is 1. The molecule has 0 aliphatic heterocycles. The number of carbonyl (C=O) groups is 1. The van der Waals surface area contributed by atoms with Crippen LogP contribution in [0.3, 0.4) is 0 Å². The molecule has 0 aliphatic rings. The van der Waals surface area contributed by atoms with Gasteiger partial charge in [0.15, 0.2) is 5.69 Å². The van der Waals surface area contributed by atoms with Gasteiger partial charge in [-0.25, -0.2) is 15.5 Å². The number of thiophene rings is 1. The second-order valence-electron chi connectivity index (χ2n) is 6.81. The van der Waals surface area contributed by atoms with E-state index >= 15 is 0 Å². The molecule has 32 heavy (non-hydrogen) atoms. The normalized spacial score (nSPS) is 10.9. The molecule has 2 N–H and O–H groups in total. The Kier molecular flexibility index (Phi) is 6.46. The molecule has 0 saturated carbocycles. The monoisotopic (exact) mass is 506 g/mol. The fourth-order valence-electron chi connectivity index (χ4n) is 3.23. The molecule has 0 atom stereocenters. The number of rotatable bonds is 5. The number of hydrazine groups is 1. The summed E-state index contributed by atoms with van der Waals surface area (Å²) in [4.78, 5) is 14.1. The van der Waals surface area contributed by atoms with Crippen molar-refractivity contribution in [3.8, 4) is 22.0 Å². The summed E-state index contributed by atoms with van der Waals surface area (Å²) in [7, 11) is 1.57. The van der Waals surface area contributed by atoms with Gasteiger partial charge in [0.1, 0.15) is 5.75 Å². The Bertz CT molecular complexity index is 1300. The van der Waals surface area contributed by atoms with Crippen LogP contribution in [0.5, 0.6) is 5.75 Å². The highest BCUT2D eigenvalue weighted by Gasteiger charge is 2.27. The second-order valence-corrected chi connectivity index (χ2v) is 9.37. The van der Waals surface area contributed by atoms with Crippen molar-refractivity contribution in [1.29, 1.82) is 0 Å².